The minimum Gasteiger partial charge on any atom is -0.384 e. The zero-order valence-electron chi connectivity index (χ0n) is 16.2. The van der Waals surface area contributed by atoms with Crippen LogP contribution >= 0.6 is 23.2 Å². The van der Waals surface area contributed by atoms with Crippen LogP contribution in [0.4, 0.5) is 4.39 Å². The van der Waals surface area contributed by atoms with E-state index in [4.69, 9.17) is 33.3 Å². The lowest BCUT2D eigenvalue weighted by Gasteiger charge is -2.44. The molecule has 0 bridgehead atoms. The van der Waals surface area contributed by atoms with Crippen LogP contribution in [0, 0.1) is 11.3 Å². The average Bonchev–Trinajstić information content (AvgIpc) is 3.09. The molecule has 5 nitrogen and oxygen atoms in total. The number of carbonyl (C=O) groups excluding carboxylic acids is 1. The van der Waals surface area contributed by atoms with Crippen LogP contribution < -0.4 is 0 Å². The summed E-state index contributed by atoms with van der Waals surface area (Å²) in [6.07, 6.45) is 0.283. The number of likely N-dealkylation sites (tertiary alicyclic amines) is 1. The molecule has 1 unspecified atom stereocenters. The highest BCUT2D eigenvalue weighted by atomic mass is 35.5. The van der Waals surface area contributed by atoms with Gasteiger partial charge in [-0.2, -0.15) is 5.26 Å². The topological polar surface area (TPSA) is 65.7 Å². The molecule has 2 heterocycles. The van der Waals surface area contributed by atoms with E-state index in [2.05, 4.69) is 5.16 Å². The van der Waals surface area contributed by atoms with Gasteiger partial charge in [0.1, 0.15) is 6.42 Å². The molecule has 0 spiro atoms. The first-order chi connectivity index (χ1) is 14.2. The van der Waals surface area contributed by atoms with Crippen molar-refractivity contribution in [2.24, 2.45) is 5.16 Å². The third-order valence-corrected chi connectivity index (χ3v) is 5.97. The minimum absolute atomic E-state index is 0.0372. The van der Waals surface area contributed by atoms with E-state index >= 15 is 4.39 Å². The van der Waals surface area contributed by atoms with Gasteiger partial charge in [-0.05, 0) is 36.2 Å². The van der Waals surface area contributed by atoms with Crippen molar-refractivity contribution < 1.29 is 14.0 Å². The first-order valence-electron chi connectivity index (χ1n) is 9.39. The summed E-state index contributed by atoms with van der Waals surface area (Å²) in [5, 5.41) is 13.9. The van der Waals surface area contributed by atoms with E-state index in [0.29, 0.717) is 22.0 Å². The van der Waals surface area contributed by atoms with Gasteiger partial charge in [0.25, 0.3) is 0 Å². The van der Waals surface area contributed by atoms with Crippen molar-refractivity contribution in [3.05, 3.63) is 69.2 Å². The summed E-state index contributed by atoms with van der Waals surface area (Å²) in [4.78, 5) is 18.8. The number of oxime groups is 1. The zero-order chi connectivity index (χ0) is 21.5. The van der Waals surface area contributed by atoms with Crippen molar-refractivity contribution in [1.82, 2.24) is 4.90 Å². The number of hydrogen-bond acceptors (Lipinski definition) is 4. The normalized spacial score (nSPS) is 22.0. The predicted octanol–water partition coefficient (Wildman–Crippen LogP) is 4.95. The molecular weight excluding hydrogens is 428 g/mol. The highest BCUT2D eigenvalue weighted by molar-refractivity contribution is 6.34. The summed E-state index contributed by atoms with van der Waals surface area (Å²) in [5.74, 6) is -0.347. The summed E-state index contributed by atoms with van der Waals surface area (Å²) in [5.41, 5.74) is 0.609. The van der Waals surface area contributed by atoms with Crippen LogP contribution in [-0.2, 0) is 20.9 Å². The average molecular weight is 446 g/mol. The van der Waals surface area contributed by atoms with Crippen molar-refractivity contribution in [2.45, 2.75) is 31.0 Å². The molecule has 1 atom stereocenters. The fourth-order valence-electron chi connectivity index (χ4n) is 3.77. The molecule has 0 aliphatic carbocycles. The number of amides is 1. The monoisotopic (exact) mass is 445 g/mol. The van der Waals surface area contributed by atoms with Crippen molar-refractivity contribution >= 4 is 34.8 Å². The largest absolute Gasteiger partial charge is 0.384 e. The van der Waals surface area contributed by atoms with Gasteiger partial charge in [0, 0.05) is 22.0 Å². The van der Waals surface area contributed by atoms with E-state index < -0.39 is 11.3 Å². The Morgan fingerprint density at radius 1 is 1.20 bits per heavy atom. The maximum atomic E-state index is 15.1. The number of nitrogens with zero attached hydrogens (tertiary/aromatic N) is 3. The number of hydrogen-bond donors (Lipinski definition) is 0. The molecule has 2 aliphatic rings. The van der Waals surface area contributed by atoms with Crippen LogP contribution in [-0.4, -0.2) is 29.6 Å². The van der Waals surface area contributed by atoms with Gasteiger partial charge in [0.2, 0.25) is 5.91 Å². The molecule has 8 heteroatoms. The van der Waals surface area contributed by atoms with Crippen LogP contribution in [0.3, 0.4) is 0 Å². The molecule has 30 heavy (non-hydrogen) atoms. The van der Waals surface area contributed by atoms with Crippen molar-refractivity contribution in [2.75, 3.05) is 13.1 Å². The molecule has 0 aromatic heterocycles. The summed E-state index contributed by atoms with van der Waals surface area (Å²) in [6.45, 7) is 1.84. The molecule has 154 valence electrons. The Kier molecular flexibility index (Phi) is 5.21. The maximum Gasteiger partial charge on any atom is 0.237 e. The molecule has 0 saturated carbocycles. The van der Waals surface area contributed by atoms with E-state index in [1.54, 1.807) is 48.5 Å². The molecular formula is C22H18Cl2FN3O2. The molecule has 2 aromatic carbocycles. The fourth-order valence-corrected chi connectivity index (χ4v) is 4.29. The van der Waals surface area contributed by atoms with Gasteiger partial charge in [-0.25, -0.2) is 4.39 Å². The molecule has 1 fully saturated rings. The summed E-state index contributed by atoms with van der Waals surface area (Å²) < 4.78 is 15.1. The minimum atomic E-state index is -1.59. The summed E-state index contributed by atoms with van der Waals surface area (Å²) >= 11 is 12.2. The van der Waals surface area contributed by atoms with Crippen LogP contribution in [0.2, 0.25) is 10.0 Å². The van der Waals surface area contributed by atoms with Crippen molar-refractivity contribution in [1.29, 1.82) is 5.26 Å². The Morgan fingerprint density at radius 3 is 2.43 bits per heavy atom. The predicted molar refractivity (Wildman–Crippen MR) is 112 cm³/mol. The molecule has 0 N–H and O–H groups in total. The van der Waals surface area contributed by atoms with E-state index in [1.807, 2.05) is 6.92 Å². The molecule has 2 aromatic rings. The van der Waals surface area contributed by atoms with Crippen molar-refractivity contribution in [3.8, 4) is 6.07 Å². The lowest BCUT2D eigenvalue weighted by molar-refractivity contribution is -0.145. The highest BCUT2D eigenvalue weighted by Gasteiger charge is 2.47. The zero-order valence-corrected chi connectivity index (χ0v) is 17.7. The van der Waals surface area contributed by atoms with Crippen LogP contribution in [0.15, 0.2) is 47.6 Å². The Morgan fingerprint density at radius 2 is 1.83 bits per heavy atom. The number of carbonyl (C=O) groups is 1. The van der Waals surface area contributed by atoms with Gasteiger partial charge in [-0.1, -0.05) is 52.6 Å². The maximum absolute atomic E-state index is 15.1. The van der Waals surface area contributed by atoms with Gasteiger partial charge >= 0.3 is 0 Å². The Balaban J connectivity index is 1.45. The molecule has 0 radical (unpaired) electrons. The molecule has 2 aliphatic heterocycles. The summed E-state index contributed by atoms with van der Waals surface area (Å²) in [7, 11) is 0. The smallest absolute Gasteiger partial charge is 0.237 e. The van der Waals surface area contributed by atoms with Gasteiger partial charge in [0.05, 0.1) is 24.9 Å². The Labute approximate surface area is 183 Å². The number of alkyl halides is 1. The lowest BCUT2D eigenvalue weighted by atomic mass is 9.85. The van der Waals surface area contributed by atoms with Crippen LogP contribution in [0.5, 0.6) is 0 Å². The quantitative estimate of drug-likeness (QED) is 0.668. The number of nitriles is 1. The fraction of sp³-hybridized carbons (Fsp3) is 0.318. The van der Waals surface area contributed by atoms with Gasteiger partial charge < -0.3 is 9.74 Å². The third kappa shape index (κ3) is 3.76. The van der Waals surface area contributed by atoms with Crippen LogP contribution in [0.1, 0.15) is 36.5 Å². The summed E-state index contributed by atoms with van der Waals surface area (Å²) in [6, 6.07) is 14.1. The first-order valence-corrected chi connectivity index (χ1v) is 10.1. The highest BCUT2D eigenvalue weighted by Crippen LogP contribution is 2.40. The molecule has 4 rings (SSSR count). The SMILES string of the molecule is CC1(c2cc(Cl)cc(Cl)c2)CC(c2ccc(C3(F)CN(C(=O)CC#N)C3)cc2)=NO1. The van der Waals surface area contributed by atoms with Gasteiger partial charge in [-0.15, -0.1) is 0 Å². The lowest BCUT2D eigenvalue weighted by Crippen LogP contribution is -2.58. The second kappa shape index (κ2) is 7.57. The third-order valence-electron chi connectivity index (χ3n) is 5.54. The van der Waals surface area contributed by atoms with Crippen molar-refractivity contribution in [3.63, 3.8) is 0 Å². The van der Waals surface area contributed by atoms with E-state index in [-0.39, 0.29) is 25.4 Å². The van der Waals surface area contributed by atoms with E-state index in [9.17, 15) is 4.79 Å². The van der Waals surface area contributed by atoms with E-state index in [1.165, 1.54) is 4.90 Å². The Hall–Kier alpha value is -2.62. The first kappa shape index (κ1) is 20.6. The number of benzene rings is 2. The second-order valence-electron chi connectivity index (χ2n) is 7.82. The number of halogens is 3. The second-order valence-corrected chi connectivity index (χ2v) is 8.70. The van der Waals surface area contributed by atoms with Gasteiger partial charge in [0.15, 0.2) is 11.3 Å². The number of rotatable bonds is 4. The standard InChI is InChI=1S/C22H18Cl2FN3O2/c1-21(16-8-17(23)10-18(24)9-16)11-19(27-30-21)14-2-4-15(5-3-14)22(25)12-28(13-22)20(29)6-7-26/h2-5,8-10H,6,11-13H2,1H3. The van der Waals surface area contributed by atoms with Crippen LogP contribution in [0.25, 0.3) is 0 Å². The Bertz CT molecular complexity index is 1050. The molecule has 1 saturated heterocycles. The molecule has 1 amide bonds. The van der Waals surface area contributed by atoms with Gasteiger partial charge in [-0.3, -0.25) is 4.79 Å². The van der Waals surface area contributed by atoms with E-state index in [0.717, 1.165) is 16.8 Å².